The average Bonchev–Trinajstić information content (AvgIpc) is 3.27. The van der Waals surface area contributed by atoms with Crippen molar-refractivity contribution in [1.29, 1.82) is 0 Å². The zero-order valence-corrected chi connectivity index (χ0v) is 18.5. The Hall–Kier alpha value is -1.57. The topological polar surface area (TPSA) is 112 Å². The van der Waals surface area contributed by atoms with Crippen LogP contribution < -0.4 is 10.6 Å². The van der Waals surface area contributed by atoms with Gasteiger partial charge in [-0.05, 0) is 33.1 Å². The van der Waals surface area contributed by atoms with Gasteiger partial charge in [-0.15, -0.1) is 0 Å². The van der Waals surface area contributed by atoms with E-state index in [4.69, 9.17) is 14.2 Å². The molecule has 29 heavy (non-hydrogen) atoms. The van der Waals surface area contributed by atoms with Crippen molar-refractivity contribution >= 4 is 45.5 Å². The first-order valence-corrected chi connectivity index (χ1v) is 10.8. The van der Waals surface area contributed by atoms with E-state index in [0.717, 1.165) is 18.7 Å². The monoisotopic (exact) mass is 514 g/mol. The fraction of sp³-hybridized carbons (Fsp3) is 0.667. The molecular weight excluding hydrogens is 491 g/mol. The molecule has 2 aromatic rings. The highest BCUT2D eigenvalue weighted by molar-refractivity contribution is 14.1. The highest BCUT2D eigenvalue weighted by Gasteiger charge is 2.58. The number of amides is 1. The summed E-state index contributed by atoms with van der Waals surface area (Å²) in [5.41, 5.74) is 1.32. The quantitative estimate of drug-likeness (QED) is 0.467. The van der Waals surface area contributed by atoms with Gasteiger partial charge in [-0.25, -0.2) is 15.0 Å². The van der Waals surface area contributed by atoms with Crippen molar-refractivity contribution in [3.05, 3.63) is 10.2 Å². The molecule has 3 aliphatic rings. The Bertz CT molecular complexity index is 961. The fourth-order valence-electron chi connectivity index (χ4n) is 4.08. The lowest BCUT2D eigenvalue weighted by atomic mass is 9.93. The van der Waals surface area contributed by atoms with Gasteiger partial charge < -0.3 is 24.8 Å². The molecule has 4 heterocycles. The first kappa shape index (κ1) is 19.4. The SMILES string of the molecule is CNC(=O)[C@H]1O[C@@H](n2cnc3c(NC4CCC4)nc(I)nc32)[C@@H]2OC(C)(C)O[C@@H]21. The number of hydrogen-bond donors (Lipinski definition) is 2. The van der Waals surface area contributed by atoms with E-state index in [9.17, 15) is 4.79 Å². The summed E-state index contributed by atoms with van der Waals surface area (Å²) in [4.78, 5) is 26.1. The number of aromatic nitrogens is 4. The van der Waals surface area contributed by atoms with Gasteiger partial charge in [-0.2, -0.15) is 0 Å². The molecule has 1 aliphatic carbocycles. The van der Waals surface area contributed by atoms with E-state index in [2.05, 4.69) is 48.2 Å². The summed E-state index contributed by atoms with van der Waals surface area (Å²) in [6.07, 6.45) is 2.83. The van der Waals surface area contributed by atoms with Gasteiger partial charge in [0.2, 0.25) is 0 Å². The Morgan fingerprint density at radius 3 is 2.72 bits per heavy atom. The summed E-state index contributed by atoms with van der Waals surface area (Å²) >= 11 is 2.10. The van der Waals surface area contributed by atoms with Crippen molar-refractivity contribution in [1.82, 2.24) is 24.8 Å². The molecule has 1 amide bonds. The lowest BCUT2D eigenvalue weighted by Crippen LogP contribution is -2.41. The minimum absolute atomic E-state index is 0.246. The standard InChI is InChI=1S/C18H23IN6O4/c1-18(2)28-10-11(15(26)20-3)27-16(12(10)29-18)25-7-21-9-13(22-8-5-4-6-8)23-17(19)24-14(9)25/h7-8,10-12,16H,4-6H2,1-3H3,(H,20,26)(H,22,23,24)/t10-,11+,12-,16-/m1/s1. The van der Waals surface area contributed by atoms with Gasteiger partial charge in [0, 0.05) is 35.7 Å². The number of imidazole rings is 1. The third-order valence-corrected chi connectivity index (χ3v) is 6.13. The molecule has 0 unspecified atom stereocenters. The fourth-order valence-corrected chi connectivity index (χ4v) is 4.55. The Morgan fingerprint density at radius 1 is 1.28 bits per heavy atom. The number of nitrogens with one attached hydrogen (secondary N) is 2. The molecule has 0 bridgehead atoms. The van der Waals surface area contributed by atoms with E-state index in [1.54, 1.807) is 13.4 Å². The van der Waals surface area contributed by atoms with Gasteiger partial charge in [0.25, 0.3) is 5.91 Å². The van der Waals surface area contributed by atoms with E-state index >= 15 is 0 Å². The van der Waals surface area contributed by atoms with Gasteiger partial charge in [0.15, 0.2) is 38.9 Å². The van der Waals surface area contributed by atoms with Crippen LogP contribution in [0.15, 0.2) is 6.33 Å². The van der Waals surface area contributed by atoms with Crippen LogP contribution in [0.4, 0.5) is 5.82 Å². The third-order valence-electron chi connectivity index (χ3n) is 5.65. The molecule has 5 rings (SSSR count). The summed E-state index contributed by atoms with van der Waals surface area (Å²) in [5, 5.41) is 6.11. The predicted octanol–water partition coefficient (Wildman–Crippen LogP) is 1.56. The second-order valence-electron chi connectivity index (χ2n) is 8.06. The number of ether oxygens (including phenoxy) is 3. The van der Waals surface area contributed by atoms with Crippen molar-refractivity contribution in [2.45, 2.75) is 69.5 Å². The van der Waals surface area contributed by atoms with Crippen LogP contribution in [0.1, 0.15) is 39.3 Å². The number of anilines is 1. The molecule has 4 atom stereocenters. The van der Waals surface area contributed by atoms with Crippen molar-refractivity contribution in [2.75, 3.05) is 12.4 Å². The van der Waals surface area contributed by atoms with Gasteiger partial charge in [0.05, 0.1) is 6.33 Å². The number of carbonyl (C=O) groups is 1. The number of nitrogens with zero attached hydrogens (tertiary/aromatic N) is 4. The predicted molar refractivity (Wildman–Crippen MR) is 111 cm³/mol. The Kier molecular flexibility index (Phi) is 4.68. The summed E-state index contributed by atoms with van der Waals surface area (Å²) in [6.45, 7) is 3.67. The number of hydrogen-bond acceptors (Lipinski definition) is 8. The first-order chi connectivity index (χ1) is 13.9. The van der Waals surface area contributed by atoms with Crippen LogP contribution in [0.3, 0.4) is 0 Å². The normalized spacial score (nSPS) is 30.9. The highest BCUT2D eigenvalue weighted by Crippen LogP contribution is 2.44. The number of halogens is 1. The lowest BCUT2D eigenvalue weighted by molar-refractivity contribution is -0.197. The molecule has 2 aromatic heterocycles. The summed E-state index contributed by atoms with van der Waals surface area (Å²) < 4.78 is 20.6. The van der Waals surface area contributed by atoms with Gasteiger partial charge in [-0.3, -0.25) is 9.36 Å². The molecular formula is C18H23IN6O4. The molecule has 1 saturated carbocycles. The maximum Gasteiger partial charge on any atom is 0.251 e. The van der Waals surface area contributed by atoms with E-state index in [0.29, 0.717) is 21.0 Å². The molecule has 156 valence electrons. The summed E-state index contributed by atoms with van der Waals surface area (Å²) in [6, 6.07) is 0.422. The Morgan fingerprint density at radius 2 is 2.03 bits per heavy atom. The van der Waals surface area contributed by atoms with E-state index in [1.165, 1.54) is 6.42 Å². The minimum atomic E-state index is -0.805. The zero-order valence-electron chi connectivity index (χ0n) is 16.4. The number of carbonyl (C=O) groups excluding carboxylic acids is 1. The maximum atomic E-state index is 12.4. The summed E-state index contributed by atoms with van der Waals surface area (Å²) in [5.74, 6) is -0.325. The molecule has 0 spiro atoms. The third kappa shape index (κ3) is 3.27. The number of rotatable bonds is 4. The van der Waals surface area contributed by atoms with Crippen LogP contribution in [-0.4, -0.2) is 62.6 Å². The smallest absolute Gasteiger partial charge is 0.251 e. The van der Waals surface area contributed by atoms with Crippen LogP contribution in [0, 0.1) is 3.83 Å². The van der Waals surface area contributed by atoms with Gasteiger partial charge in [-0.1, -0.05) is 0 Å². The van der Waals surface area contributed by atoms with Crippen LogP contribution in [0.5, 0.6) is 0 Å². The largest absolute Gasteiger partial charge is 0.365 e. The van der Waals surface area contributed by atoms with Crippen LogP contribution >= 0.6 is 22.6 Å². The Balaban J connectivity index is 1.53. The van der Waals surface area contributed by atoms with Gasteiger partial charge >= 0.3 is 0 Å². The first-order valence-electron chi connectivity index (χ1n) is 9.75. The second-order valence-corrected chi connectivity index (χ2v) is 9.03. The minimum Gasteiger partial charge on any atom is -0.365 e. The second kappa shape index (κ2) is 7.00. The molecule has 3 fully saturated rings. The zero-order chi connectivity index (χ0) is 20.3. The molecule has 0 radical (unpaired) electrons. The average molecular weight is 514 g/mol. The van der Waals surface area contributed by atoms with E-state index in [-0.39, 0.29) is 5.91 Å². The van der Waals surface area contributed by atoms with Crippen LogP contribution in [0.2, 0.25) is 0 Å². The van der Waals surface area contributed by atoms with Crippen molar-refractivity contribution in [3.8, 4) is 0 Å². The molecule has 2 N–H and O–H groups in total. The van der Waals surface area contributed by atoms with Crippen molar-refractivity contribution < 1.29 is 19.0 Å². The van der Waals surface area contributed by atoms with Crippen LogP contribution in [0.25, 0.3) is 11.2 Å². The van der Waals surface area contributed by atoms with Crippen LogP contribution in [-0.2, 0) is 19.0 Å². The lowest BCUT2D eigenvalue weighted by Gasteiger charge is -2.27. The molecule has 2 aliphatic heterocycles. The number of likely N-dealkylation sites (N-methyl/N-ethyl adjacent to an activating group) is 1. The molecule has 2 saturated heterocycles. The highest BCUT2D eigenvalue weighted by atomic mass is 127. The van der Waals surface area contributed by atoms with E-state index in [1.807, 2.05) is 18.4 Å². The maximum absolute atomic E-state index is 12.4. The van der Waals surface area contributed by atoms with E-state index < -0.39 is 30.3 Å². The Labute approximate surface area is 181 Å². The van der Waals surface area contributed by atoms with Crippen molar-refractivity contribution in [2.24, 2.45) is 0 Å². The number of fused-ring (bicyclic) bond motifs is 2. The molecule has 11 heteroatoms. The molecule has 10 nitrogen and oxygen atoms in total. The van der Waals surface area contributed by atoms with Crippen molar-refractivity contribution in [3.63, 3.8) is 0 Å². The summed E-state index contributed by atoms with van der Waals surface area (Å²) in [7, 11) is 1.58. The molecule has 0 aromatic carbocycles. The van der Waals surface area contributed by atoms with Gasteiger partial charge in [0.1, 0.15) is 12.2 Å².